The van der Waals surface area contributed by atoms with Crippen LogP contribution in [0.25, 0.3) is 0 Å². The van der Waals surface area contributed by atoms with Gasteiger partial charge >= 0.3 is 0 Å². The lowest BCUT2D eigenvalue weighted by atomic mass is 9.70. The summed E-state index contributed by atoms with van der Waals surface area (Å²) in [5, 5.41) is 10.8. The van der Waals surface area contributed by atoms with Crippen molar-refractivity contribution < 1.29 is 24.2 Å². The van der Waals surface area contributed by atoms with Gasteiger partial charge in [-0.25, -0.2) is 0 Å². The first-order valence-corrected chi connectivity index (χ1v) is 18.0. The molecule has 3 aliphatic heterocycles. The number of aliphatic hydroxyl groups excluding tert-OH is 1. The highest BCUT2D eigenvalue weighted by molar-refractivity contribution is 8.02. The molecule has 49 heavy (non-hydrogen) atoms. The second kappa shape index (κ2) is 15.0. The molecule has 3 saturated heterocycles. The van der Waals surface area contributed by atoms with E-state index in [2.05, 4.69) is 13.2 Å². The first kappa shape index (κ1) is 34.5. The van der Waals surface area contributed by atoms with Gasteiger partial charge in [-0.2, -0.15) is 0 Å². The summed E-state index contributed by atoms with van der Waals surface area (Å²) < 4.78 is 4.82. The van der Waals surface area contributed by atoms with E-state index in [1.165, 1.54) is 0 Å². The van der Waals surface area contributed by atoms with E-state index in [0.717, 1.165) is 17.5 Å². The molecule has 3 aromatic rings. The van der Waals surface area contributed by atoms with Gasteiger partial charge in [0.2, 0.25) is 17.7 Å². The van der Waals surface area contributed by atoms with Crippen LogP contribution in [0.5, 0.6) is 5.75 Å². The van der Waals surface area contributed by atoms with E-state index >= 15 is 0 Å². The highest BCUT2D eigenvalue weighted by atomic mass is 32.2. The van der Waals surface area contributed by atoms with Gasteiger partial charge in [-0.3, -0.25) is 14.4 Å². The summed E-state index contributed by atoms with van der Waals surface area (Å²) in [6.45, 7) is 10.9. The fraction of sp³-hybridized carbons (Fsp3) is 0.375. The highest BCUT2D eigenvalue weighted by Crippen LogP contribution is 2.67. The first-order chi connectivity index (χ1) is 23.9. The minimum atomic E-state index is -0.847. The van der Waals surface area contributed by atoms with Crippen LogP contribution in [0.3, 0.4) is 0 Å². The van der Waals surface area contributed by atoms with Crippen LogP contribution in [0.1, 0.15) is 30.9 Å². The van der Waals surface area contributed by atoms with Crippen LogP contribution in [-0.4, -0.2) is 81.0 Å². The first-order valence-electron chi connectivity index (χ1n) is 17.1. The number of carbonyl (C=O) groups is 3. The molecule has 1 N–H and O–H groups in total. The molecule has 0 saturated carbocycles. The maximum Gasteiger partial charge on any atom is 0.247 e. The third-order valence-corrected chi connectivity index (χ3v) is 12.0. The molecular weight excluding hydrogens is 635 g/mol. The molecule has 3 aromatic carbocycles. The van der Waals surface area contributed by atoms with Gasteiger partial charge in [-0.15, -0.1) is 24.9 Å². The number of fused-ring (bicyclic) bond motifs is 1. The lowest BCUT2D eigenvalue weighted by molar-refractivity contribution is -0.145. The Morgan fingerprint density at radius 2 is 1.63 bits per heavy atom. The molecule has 0 aromatic heterocycles. The van der Waals surface area contributed by atoms with Crippen molar-refractivity contribution in [1.82, 2.24) is 9.80 Å². The largest absolute Gasteiger partial charge is 0.494 e. The maximum absolute atomic E-state index is 15.0. The SMILES string of the molecule is C=CCN(Cc1ccccc1)C(=O)C1N([C@@H](CO)Cc2ccccc2)C(=O)[C@@H]2[C@H](C(=O)N(CC=C)c3ccc(OCC)cc3)[C@@H]3CCC12S3. The molecule has 9 heteroatoms. The summed E-state index contributed by atoms with van der Waals surface area (Å²) in [5.41, 5.74) is 2.62. The summed E-state index contributed by atoms with van der Waals surface area (Å²) in [6, 6.07) is 25.4. The van der Waals surface area contributed by atoms with Crippen molar-refractivity contribution in [2.45, 2.75) is 54.8 Å². The number of aliphatic hydroxyl groups is 1. The number of thioether (sulfide) groups is 1. The molecule has 2 bridgehead atoms. The van der Waals surface area contributed by atoms with E-state index in [4.69, 9.17) is 4.74 Å². The molecular formula is C40H45N3O5S. The fourth-order valence-electron chi connectivity index (χ4n) is 8.07. The number of carbonyl (C=O) groups excluding carboxylic acids is 3. The number of benzene rings is 3. The number of nitrogens with zero attached hydrogens (tertiary/aromatic N) is 3. The van der Waals surface area contributed by atoms with Gasteiger partial charge in [0.25, 0.3) is 0 Å². The van der Waals surface area contributed by atoms with E-state index in [9.17, 15) is 19.5 Å². The van der Waals surface area contributed by atoms with Crippen molar-refractivity contribution in [1.29, 1.82) is 0 Å². The van der Waals surface area contributed by atoms with Crippen molar-refractivity contribution in [3.05, 3.63) is 121 Å². The Balaban J connectivity index is 1.40. The van der Waals surface area contributed by atoms with Gasteiger partial charge < -0.3 is 24.5 Å². The third kappa shape index (κ3) is 6.54. The Morgan fingerprint density at radius 1 is 0.980 bits per heavy atom. The lowest BCUT2D eigenvalue weighted by Gasteiger charge is -2.40. The normalized spacial score (nSPS) is 24.3. The minimum absolute atomic E-state index is 0.113. The highest BCUT2D eigenvalue weighted by Gasteiger charge is 2.74. The number of rotatable bonds is 15. The minimum Gasteiger partial charge on any atom is -0.494 e. The van der Waals surface area contributed by atoms with E-state index < -0.39 is 28.7 Å². The van der Waals surface area contributed by atoms with E-state index in [0.29, 0.717) is 44.0 Å². The van der Waals surface area contributed by atoms with Crippen LogP contribution < -0.4 is 9.64 Å². The van der Waals surface area contributed by atoms with Crippen molar-refractivity contribution in [3.63, 3.8) is 0 Å². The van der Waals surface area contributed by atoms with Gasteiger partial charge in [0.1, 0.15) is 11.8 Å². The third-order valence-electron chi connectivity index (χ3n) is 10.1. The van der Waals surface area contributed by atoms with Crippen LogP contribution in [-0.2, 0) is 27.3 Å². The molecule has 1 spiro atoms. The Bertz CT molecular complexity index is 1650. The van der Waals surface area contributed by atoms with E-state index in [-0.39, 0.29) is 36.1 Å². The predicted molar refractivity (Wildman–Crippen MR) is 194 cm³/mol. The zero-order valence-electron chi connectivity index (χ0n) is 28.0. The molecule has 6 rings (SSSR count). The van der Waals surface area contributed by atoms with Gasteiger partial charge in [-0.1, -0.05) is 72.8 Å². The molecule has 3 fully saturated rings. The van der Waals surface area contributed by atoms with Crippen molar-refractivity contribution in [2.24, 2.45) is 11.8 Å². The maximum atomic E-state index is 15.0. The van der Waals surface area contributed by atoms with E-state index in [1.807, 2.05) is 91.9 Å². The molecule has 3 amide bonds. The average molecular weight is 680 g/mol. The summed E-state index contributed by atoms with van der Waals surface area (Å²) in [4.78, 5) is 49.8. The fourth-order valence-corrected chi connectivity index (χ4v) is 10.3. The quantitative estimate of drug-likeness (QED) is 0.213. The number of ether oxygens (including phenoxy) is 1. The molecule has 8 nitrogen and oxygen atoms in total. The summed E-state index contributed by atoms with van der Waals surface area (Å²) in [7, 11) is 0. The van der Waals surface area contributed by atoms with Gasteiger partial charge in [0.15, 0.2) is 0 Å². The van der Waals surface area contributed by atoms with Crippen molar-refractivity contribution in [3.8, 4) is 5.75 Å². The number of anilines is 1. The summed E-state index contributed by atoms with van der Waals surface area (Å²) in [6.07, 6.45) is 5.14. The van der Waals surface area contributed by atoms with Gasteiger partial charge in [-0.05, 0) is 61.6 Å². The average Bonchev–Trinajstić information content (AvgIpc) is 3.77. The van der Waals surface area contributed by atoms with Crippen LogP contribution in [0.2, 0.25) is 0 Å². The number of hydrogen-bond donors (Lipinski definition) is 1. The number of amides is 3. The predicted octanol–water partition coefficient (Wildman–Crippen LogP) is 5.51. The Morgan fingerprint density at radius 3 is 2.24 bits per heavy atom. The molecule has 0 radical (unpaired) electrons. The van der Waals surface area contributed by atoms with Crippen LogP contribution in [0, 0.1) is 11.8 Å². The Kier molecular flexibility index (Phi) is 10.6. The second-order valence-electron chi connectivity index (χ2n) is 13.0. The second-order valence-corrected chi connectivity index (χ2v) is 14.6. The molecule has 2 unspecified atom stereocenters. The Hall–Kier alpha value is -4.34. The smallest absolute Gasteiger partial charge is 0.247 e. The summed E-state index contributed by atoms with van der Waals surface area (Å²) in [5.74, 6) is -1.18. The van der Waals surface area contributed by atoms with Gasteiger partial charge in [0.05, 0.1) is 35.8 Å². The summed E-state index contributed by atoms with van der Waals surface area (Å²) >= 11 is 1.63. The standard InChI is InChI=1S/C40H45N3O5S/c1-4-23-41(26-29-15-11-8-12-16-29)39(47)36-40-22-21-33(49-40)34(37(45)42(24-5-2)30-17-19-32(20-18-30)48-6-3)35(40)38(46)43(36)31(27-44)25-28-13-9-7-10-14-28/h4-5,7-20,31,33-36,44H,1-2,6,21-27H2,3H3/t31-,33+,34-,35+,36?,40?/m1/s1. The van der Waals surface area contributed by atoms with Crippen molar-refractivity contribution in [2.75, 3.05) is 31.2 Å². The molecule has 6 atom stereocenters. The zero-order valence-corrected chi connectivity index (χ0v) is 28.8. The molecule has 3 aliphatic rings. The van der Waals surface area contributed by atoms with Crippen LogP contribution in [0.15, 0.2) is 110 Å². The lowest BCUT2D eigenvalue weighted by Crippen LogP contribution is -2.57. The zero-order chi connectivity index (χ0) is 34.5. The number of likely N-dealkylation sites (tertiary alicyclic amines) is 1. The molecule has 3 heterocycles. The van der Waals surface area contributed by atoms with Crippen molar-refractivity contribution >= 4 is 35.2 Å². The topological polar surface area (TPSA) is 90.4 Å². The van der Waals surface area contributed by atoms with Crippen LogP contribution >= 0.6 is 11.8 Å². The van der Waals surface area contributed by atoms with Crippen LogP contribution in [0.4, 0.5) is 5.69 Å². The van der Waals surface area contributed by atoms with E-state index in [1.54, 1.807) is 38.6 Å². The monoisotopic (exact) mass is 679 g/mol. The Labute approximate surface area is 293 Å². The molecule has 0 aliphatic carbocycles. The van der Waals surface area contributed by atoms with Gasteiger partial charge in [0, 0.05) is 30.6 Å². The number of hydrogen-bond acceptors (Lipinski definition) is 6. The molecule has 256 valence electrons.